The first-order valence-corrected chi connectivity index (χ1v) is 13.1. The van der Waals surface area contributed by atoms with E-state index in [1.54, 1.807) is 0 Å². The fourth-order valence-corrected chi connectivity index (χ4v) is 5.08. The molecule has 0 radical (unpaired) electrons. The highest BCUT2D eigenvalue weighted by Gasteiger charge is 2.38. The summed E-state index contributed by atoms with van der Waals surface area (Å²) in [6.45, 7) is 5.24. The number of rotatable bonds is 11. The number of esters is 1. The zero-order valence-corrected chi connectivity index (χ0v) is 21.8. The van der Waals surface area contributed by atoms with Crippen molar-refractivity contribution < 1.29 is 19.4 Å². The predicted octanol–water partition coefficient (Wildman–Crippen LogP) is 4.05. The van der Waals surface area contributed by atoms with E-state index in [4.69, 9.17) is 4.74 Å². The van der Waals surface area contributed by atoms with E-state index in [1.165, 1.54) is 0 Å². The number of carbonyl (C=O) groups is 2. The Hall–Kier alpha value is -2.90. The Labute approximate surface area is 215 Å². The van der Waals surface area contributed by atoms with Gasteiger partial charge in [0.1, 0.15) is 5.60 Å². The van der Waals surface area contributed by atoms with Crippen molar-refractivity contribution in [3.05, 3.63) is 71.8 Å². The van der Waals surface area contributed by atoms with Gasteiger partial charge in [0.05, 0.1) is 19.2 Å². The van der Waals surface area contributed by atoms with Crippen LogP contribution in [-0.2, 0) is 15.1 Å². The number of hydrogen-bond donors (Lipinski definition) is 3. The molecule has 1 saturated carbocycles. The topological polar surface area (TPSA) is 90.9 Å². The molecular weight excluding hydrogens is 454 g/mol. The lowest BCUT2D eigenvalue weighted by atomic mass is 9.81. The molecule has 0 aromatic heterocycles. The van der Waals surface area contributed by atoms with E-state index in [2.05, 4.69) is 10.6 Å². The summed E-state index contributed by atoms with van der Waals surface area (Å²) >= 11 is 0. The van der Waals surface area contributed by atoms with Crippen molar-refractivity contribution in [1.82, 2.24) is 15.5 Å². The van der Waals surface area contributed by atoms with Crippen LogP contribution in [0.5, 0.6) is 0 Å². The van der Waals surface area contributed by atoms with Gasteiger partial charge >= 0.3 is 12.0 Å². The molecule has 196 valence electrons. The van der Waals surface area contributed by atoms with Crippen molar-refractivity contribution in [1.29, 1.82) is 0 Å². The minimum atomic E-state index is -1.35. The van der Waals surface area contributed by atoms with Gasteiger partial charge in [0.15, 0.2) is 0 Å². The second-order valence-corrected chi connectivity index (χ2v) is 9.89. The summed E-state index contributed by atoms with van der Waals surface area (Å²) in [5.74, 6) is 0.413. The molecule has 1 aliphatic rings. The fourth-order valence-electron chi connectivity index (χ4n) is 5.08. The lowest BCUT2D eigenvalue weighted by Crippen LogP contribution is -2.54. The molecule has 3 rings (SSSR count). The van der Waals surface area contributed by atoms with Crippen LogP contribution in [0.1, 0.15) is 57.1 Å². The van der Waals surface area contributed by atoms with Gasteiger partial charge in [-0.05, 0) is 76.6 Å². The molecule has 36 heavy (non-hydrogen) atoms. The van der Waals surface area contributed by atoms with Crippen molar-refractivity contribution >= 4 is 12.0 Å². The quantitative estimate of drug-likeness (QED) is 0.409. The van der Waals surface area contributed by atoms with Gasteiger partial charge in [0.25, 0.3) is 0 Å². The van der Waals surface area contributed by atoms with Crippen LogP contribution in [0.25, 0.3) is 0 Å². The van der Waals surface area contributed by atoms with E-state index in [1.807, 2.05) is 86.5 Å². The Kier molecular flexibility index (Phi) is 10.3. The monoisotopic (exact) mass is 495 g/mol. The number of likely N-dealkylation sites (N-methyl/N-ethyl adjacent to an activating group) is 1. The molecule has 0 heterocycles. The minimum Gasteiger partial charge on any atom is -0.465 e. The molecule has 2 aromatic carbocycles. The summed E-state index contributed by atoms with van der Waals surface area (Å²) < 4.78 is 5.01. The number of amides is 2. The second kappa shape index (κ2) is 13.4. The van der Waals surface area contributed by atoms with Gasteiger partial charge in [0, 0.05) is 6.04 Å². The van der Waals surface area contributed by atoms with Crippen LogP contribution in [0.2, 0.25) is 0 Å². The molecule has 7 heteroatoms. The molecule has 0 spiro atoms. The molecule has 1 fully saturated rings. The third-order valence-corrected chi connectivity index (χ3v) is 7.21. The summed E-state index contributed by atoms with van der Waals surface area (Å²) in [4.78, 5) is 26.5. The van der Waals surface area contributed by atoms with Crippen molar-refractivity contribution in [2.75, 3.05) is 26.7 Å². The van der Waals surface area contributed by atoms with Crippen molar-refractivity contribution in [3.8, 4) is 0 Å². The largest absolute Gasteiger partial charge is 0.465 e. The van der Waals surface area contributed by atoms with Crippen LogP contribution in [-0.4, -0.2) is 60.8 Å². The van der Waals surface area contributed by atoms with E-state index in [0.29, 0.717) is 19.1 Å². The number of nitrogens with zero attached hydrogens (tertiary/aromatic N) is 1. The third-order valence-electron chi connectivity index (χ3n) is 7.21. The Morgan fingerprint density at radius 1 is 1.03 bits per heavy atom. The van der Waals surface area contributed by atoms with E-state index in [-0.39, 0.29) is 18.0 Å². The van der Waals surface area contributed by atoms with Gasteiger partial charge in [-0.1, -0.05) is 60.7 Å². The van der Waals surface area contributed by atoms with Gasteiger partial charge in [-0.25, -0.2) is 4.79 Å². The summed E-state index contributed by atoms with van der Waals surface area (Å²) in [7, 11) is 1.95. The highest BCUT2D eigenvalue weighted by Crippen LogP contribution is 2.33. The van der Waals surface area contributed by atoms with Gasteiger partial charge in [-0.15, -0.1) is 0 Å². The summed E-state index contributed by atoms with van der Waals surface area (Å²) in [5, 5.41) is 17.9. The highest BCUT2D eigenvalue weighted by atomic mass is 16.5. The molecule has 1 aliphatic carbocycles. The van der Waals surface area contributed by atoms with Crippen LogP contribution in [0, 0.1) is 5.92 Å². The average molecular weight is 496 g/mol. The molecule has 0 aliphatic heterocycles. The maximum atomic E-state index is 12.9. The summed E-state index contributed by atoms with van der Waals surface area (Å²) in [6.07, 6.45) is 4.98. The molecule has 0 saturated heterocycles. The Morgan fingerprint density at radius 3 is 2.11 bits per heavy atom. The van der Waals surface area contributed by atoms with E-state index < -0.39 is 11.6 Å². The number of aliphatic hydroxyl groups is 1. The average Bonchev–Trinajstić information content (AvgIpc) is 2.88. The number of ether oxygens (including phenoxy) is 1. The molecule has 3 N–H and O–H groups in total. The number of carbonyl (C=O) groups excluding carboxylic acids is 2. The molecule has 0 unspecified atom stereocenters. The fraction of sp³-hybridized carbons (Fsp3) is 0.517. The number of hydrogen-bond acceptors (Lipinski definition) is 5. The van der Waals surface area contributed by atoms with Crippen LogP contribution in [0.15, 0.2) is 60.7 Å². The van der Waals surface area contributed by atoms with Crippen molar-refractivity contribution in [2.45, 2.75) is 63.6 Å². The van der Waals surface area contributed by atoms with Crippen molar-refractivity contribution in [2.24, 2.45) is 5.92 Å². The Balaban J connectivity index is 1.49. The van der Waals surface area contributed by atoms with Gasteiger partial charge < -0.3 is 20.5 Å². The number of nitrogens with one attached hydrogen (secondary N) is 2. The summed E-state index contributed by atoms with van der Waals surface area (Å²) in [6, 6.07) is 18.2. The number of urea groups is 1. The lowest BCUT2D eigenvalue weighted by Gasteiger charge is -2.36. The molecule has 7 nitrogen and oxygen atoms in total. The molecule has 2 amide bonds. The van der Waals surface area contributed by atoms with E-state index in [0.717, 1.165) is 49.8 Å². The zero-order valence-electron chi connectivity index (χ0n) is 21.8. The Morgan fingerprint density at radius 2 is 1.58 bits per heavy atom. The maximum Gasteiger partial charge on any atom is 0.320 e. The first kappa shape index (κ1) is 27.7. The summed E-state index contributed by atoms with van der Waals surface area (Å²) in [5.41, 5.74) is 0.113. The molecule has 2 aromatic rings. The molecular formula is C29H41N3O4. The number of benzene rings is 2. The minimum absolute atomic E-state index is 0.118. The maximum absolute atomic E-state index is 12.9. The SMILES string of the molecule is CCOC(=O)CN(C)CC[C@H]1CC[C@H](NC(=O)N[C@H](C)C(O)(c2ccccc2)c2ccccc2)CC1. The van der Waals surface area contributed by atoms with Gasteiger partial charge in [-0.2, -0.15) is 0 Å². The van der Waals surface area contributed by atoms with Crippen LogP contribution >= 0.6 is 0 Å². The van der Waals surface area contributed by atoms with Crippen LogP contribution < -0.4 is 10.6 Å². The molecule has 1 atom stereocenters. The van der Waals surface area contributed by atoms with E-state index in [9.17, 15) is 14.7 Å². The second-order valence-electron chi connectivity index (χ2n) is 9.89. The first-order chi connectivity index (χ1) is 17.3. The smallest absolute Gasteiger partial charge is 0.320 e. The standard InChI is InChI=1S/C29H41N3O4/c1-4-36-27(33)21-32(3)20-19-23-15-17-26(18-16-23)31-28(34)30-22(2)29(35,24-11-7-5-8-12-24)25-13-9-6-10-14-25/h5-14,22-23,26,35H,4,15-21H2,1-3H3,(H2,30,31,34)/t22-,23-,26-/m1/s1. The third kappa shape index (κ3) is 7.55. The zero-order chi connectivity index (χ0) is 26.0. The van der Waals surface area contributed by atoms with Gasteiger partial charge in [-0.3, -0.25) is 9.69 Å². The van der Waals surface area contributed by atoms with Crippen LogP contribution in [0.3, 0.4) is 0 Å². The normalized spacial score (nSPS) is 18.9. The first-order valence-electron chi connectivity index (χ1n) is 13.1. The van der Waals surface area contributed by atoms with E-state index >= 15 is 0 Å². The van der Waals surface area contributed by atoms with Gasteiger partial charge in [0.2, 0.25) is 0 Å². The Bertz CT molecular complexity index is 906. The highest BCUT2D eigenvalue weighted by molar-refractivity contribution is 5.75. The lowest BCUT2D eigenvalue weighted by molar-refractivity contribution is -0.144. The molecule has 0 bridgehead atoms. The predicted molar refractivity (Wildman–Crippen MR) is 142 cm³/mol. The van der Waals surface area contributed by atoms with Crippen LogP contribution in [0.4, 0.5) is 4.79 Å². The van der Waals surface area contributed by atoms with Crippen molar-refractivity contribution in [3.63, 3.8) is 0 Å².